The molecule has 0 spiro atoms. The number of methoxy groups -OCH3 is 1. The Balaban J connectivity index is 1.73. The molecule has 0 radical (unpaired) electrons. The molecule has 4 rings (SSSR count). The zero-order valence-corrected chi connectivity index (χ0v) is 22.6. The number of nitrogens with zero attached hydrogens (tertiary/aromatic N) is 1. The van der Waals surface area contributed by atoms with E-state index in [1.54, 1.807) is 18.2 Å². The molecule has 1 aliphatic carbocycles. The van der Waals surface area contributed by atoms with Crippen LogP contribution in [-0.2, 0) is 14.8 Å². The highest BCUT2D eigenvalue weighted by atomic mass is 32.2. The highest BCUT2D eigenvalue weighted by Gasteiger charge is 2.35. The summed E-state index contributed by atoms with van der Waals surface area (Å²) in [6.07, 6.45) is 8.83. The second-order valence-electron chi connectivity index (χ2n) is 10.1. The Labute approximate surface area is 215 Å². The van der Waals surface area contributed by atoms with Crippen molar-refractivity contribution in [3.63, 3.8) is 0 Å². The molecule has 194 valence electrons. The largest absolute Gasteiger partial charge is 0.496 e. The molecule has 6 nitrogen and oxygen atoms in total. The van der Waals surface area contributed by atoms with Crippen molar-refractivity contribution in [3.8, 4) is 11.5 Å². The van der Waals surface area contributed by atoms with Gasteiger partial charge in [0.15, 0.2) is 0 Å². The maximum absolute atomic E-state index is 13.9. The van der Waals surface area contributed by atoms with Gasteiger partial charge in [-0.15, -0.1) is 0 Å². The fourth-order valence-electron chi connectivity index (χ4n) is 5.19. The first-order valence-electron chi connectivity index (χ1n) is 12.8. The van der Waals surface area contributed by atoms with Crippen molar-refractivity contribution in [1.29, 1.82) is 0 Å². The van der Waals surface area contributed by atoms with Gasteiger partial charge in [0.05, 0.1) is 24.2 Å². The molecule has 1 aliphatic heterocycles. The summed E-state index contributed by atoms with van der Waals surface area (Å²) in [5, 5.41) is 0. The third-order valence-electron chi connectivity index (χ3n) is 7.34. The summed E-state index contributed by atoms with van der Waals surface area (Å²) in [6, 6.07) is 10.7. The van der Waals surface area contributed by atoms with E-state index in [9.17, 15) is 13.2 Å². The number of aryl methyl sites for hydroxylation is 1. The Bertz CT molecular complexity index is 1240. The van der Waals surface area contributed by atoms with E-state index in [0.717, 1.165) is 11.1 Å². The van der Waals surface area contributed by atoms with Crippen molar-refractivity contribution in [1.82, 2.24) is 0 Å². The van der Waals surface area contributed by atoms with Gasteiger partial charge in [-0.05, 0) is 75.3 Å². The first-order valence-corrected chi connectivity index (χ1v) is 14.3. The van der Waals surface area contributed by atoms with E-state index in [-0.39, 0.29) is 17.2 Å². The number of sulfonamides is 1. The molecule has 1 heterocycles. The van der Waals surface area contributed by atoms with Crippen LogP contribution in [-0.4, -0.2) is 34.0 Å². The Kier molecular flexibility index (Phi) is 8.08. The molecule has 1 fully saturated rings. The van der Waals surface area contributed by atoms with Crippen molar-refractivity contribution < 1.29 is 22.7 Å². The summed E-state index contributed by atoms with van der Waals surface area (Å²) in [5.41, 5.74) is 3.69. The standard InChI is InChI=1S/C29H37NO5S/c1-20-10-14-26(18-29(20)34-4)36(32,33)30-19-25(13-11-22(3)31)35-28-15-12-23(17-27(28)30)16-21(2)24-8-6-5-7-9-24/h10,12,14-18,24-25H,5-9,11,13,19H2,1-4H3. The van der Waals surface area contributed by atoms with Crippen LogP contribution < -0.4 is 13.8 Å². The fourth-order valence-corrected chi connectivity index (χ4v) is 6.70. The topological polar surface area (TPSA) is 72.9 Å². The molecule has 2 aliphatic rings. The smallest absolute Gasteiger partial charge is 0.264 e. The van der Waals surface area contributed by atoms with Crippen LogP contribution >= 0.6 is 0 Å². The van der Waals surface area contributed by atoms with Crippen LogP contribution in [0.4, 0.5) is 5.69 Å². The van der Waals surface area contributed by atoms with Gasteiger partial charge in [0.1, 0.15) is 23.4 Å². The lowest BCUT2D eigenvalue weighted by Crippen LogP contribution is -2.43. The monoisotopic (exact) mass is 511 g/mol. The van der Waals surface area contributed by atoms with E-state index in [2.05, 4.69) is 13.0 Å². The number of ether oxygens (including phenoxy) is 2. The highest BCUT2D eigenvalue weighted by Crippen LogP contribution is 2.40. The molecular formula is C29H37NO5S. The number of hydrogen-bond acceptors (Lipinski definition) is 5. The number of ketones is 1. The molecular weight excluding hydrogens is 474 g/mol. The van der Waals surface area contributed by atoms with Gasteiger partial charge < -0.3 is 14.3 Å². The lowest BCUT2D eigenvalue weighted by Gasteiger charge is -2.36. The van der Waals surface area contributed by atoms with Gasteiger partial charge in [-0.3, -0.25) is 4.31 Å². The molecule has 0 bridgehead atoms. The van der Waals surface area contributed by atoms with Crippen LogP contribution in [0.15, 0.2) is 46.9 Å². The Hall–Kier alpha value is -2.80. The molecule has 1 saturated carbocycles. The minimum atomic E-state index is -3.89. The number of fused-ring (bicyclic) bond motifs is 1. The van der Waals surface area contributed by atoms with Gasteiger partial charge in [-0.25, -0.2) is 8.42 Å². The van der Waals surface area contributed by atoms with E-state index < -0.39 is 16.1 Å². The molecule has 0 saturated heterocycles. The summed E-state index contributed by atoms with van der Waals surface area (Å²) < 4.78 is 40.9. The van der Waals surface area contributed by atoms with Crippen LogP contribution in [0.5, 0.6) is 11.5 Å². The van der Waals surface area contributed by atoms with Crippen LogP contribution in [0.3, 0.4) is 0 Å². The van der Waals surface area contributed by atoms with Crippen molar-refractivity contribution in [3.05, 3.63) is 53.1 Å². The molecule has 1 unspecified atom stereocenters. The maximum Gasteiger partial charge on any atom is 0.264 e. The van der Waals surface area contributed by atoms with Crippen LogP contribution in [0.25, 0.3) is 6.08 Å². The van der Waals surface area contributed by atoms with Gasteiger partial charge in [-0.1, -0.05) is 43.0 Å². The number of rotatable bonds is 8. The van der Waals surface area contributed by atoms with E-state index >= 15 is 0 Å². The van der Waals surface area contributed by atoms with Crippen LogP contribution in [0.1, 0.15) is 69.9 Å². The van der Waals surface area contributed by atoms with Gasteiger partial charge in [0, 0.05) is 12.5 Å². The average molecular weight is 512 g/mol. The van der Waals surface area contributed by atoms with Crippen molar-refractivity contribution in [2.45, 2.75) is 76.7 Å². The zero-order valence-electron chi connectivity index (χ0n) is 21.7. The predicted molar refractivity (Wildman–Crippen MR) is 143 cm³/mol. The molecule has 0 aromatic heterocycles. The predicted octanol–water partition coefficient (Wildman–Crippen LogP) is 6.31. The van der Waals surface area contributed by atoms with Crippen molar-refractivity contribution >= 4 is 27.6 Å². The Morgan fingerprint density at radius 3 is 2.56 bits per heavy atom. The lowest BCUT2D eigenvalue weighted by molar-refractivity contribution is -0.117. The van der Waals surface area contributed by atoms with Gasteiger partial charge >= 0.3 is 0 Å². The quantitative estimate of drug-likeness (QED) is 0.415. The third kappa shape index (κ3) is 5.77. The van der Waals surface area contributed by atoms with Crippen molar-refractivity contribution in [2.24, 2.45) is 5.92 Å². The van der Waals surface area contributed by atoms with Crippen molar-refractivity contribution in [2.75, 3.05) is 18.0 Å². The molecule has 0 amide bonds. The number of allylic oxidation sites excluding steroid dienone is 1. The summed E-state index contributed by atoms with van der Waals surface area (Å²) in [6.45, 7) is 5.74. The average Bonchev–Trinajstić information content (AvgIpc) is 2.87. The summed E-state index contributed by atoms with van der Waals surface area (Å²) >= 11 is 0. The Morgan fingerprint density at radius 2 is 1.86 bits per heavy atom. The van der Waals surface area contributed by atoms with Crippen LogP contribution in [0.2, 0.25) is 0 Å². The maximum atomic E-state index is 13.9. The minimum absolute atomic E-state index is 0.0562. The molecule has 2 aromatic carbocycles. The summed E-state index contributed by atoms with van der Waals surface area (Å²) in [4.78, 5) is 11.8. The second-order valence-corrected chi connectivity index (χ2v) is 12.0. The number of anilines is 1. The third-order valence-corrected chi connectivity index (χ3v) is 9.12. The normalized spacial score (nSPS) is 18.9. The Morgan fingerprint density at radius 1 is 1.11 bits per heavy atom. The molecule has 7 heteroatoms. The first kappa shape index (κ1) is 26.3. The van der Waals surface area contributed by atoms with E-state index in [1.807, 2.05) is 25.1 Å². The molecule has 1 atom stereocenters. The molecule has 2 aromatic rings. The second kappa shape index (κ2) is 11.1. The number of Topliss-reactive ketones (excluding diaryl/α,β-unsaturated/α-hetero) is 1. The first-order chi connectivity index (χ1) is 17.2. The summed E-state index contributed by atoms with van der Waals surface area (Å²) in [7, 11) is -2.36. The molecule has 36 heavy (non-hydrogen) atoms. The van der Waals surface area contributed by atoms with Gasteiger partial charge in [0.25, 0.3) is 10.0 Å². The minimum Gasteiger partial charge on any atom is -0.496 e. The van der Waals surface area contributed by atoms with Gasteiger partial charge in [0.2, 0.25) is 0 Å². The number of hydrogen-bond donors (Lipinski definition) is 0. The fraction of sp³-hybridized carbons (Fsp3) is 0.483. The number of carbonyl (C=O) groups excluding carboxylic acids is 1. The van der Waals surface area contributed by atoms with Gasteiger partial charge in [-0.2, -0.15) is 0 Å². The molecule has 0 N–H and O–H groups in total. The van der Waals surface area contributed by atoms with E-state index in [0.29, 0.717) is 35.9 Å². The number of benzene rings is 2. The number of carbonyl (C=O) groups is 1. The van der Waals surface area contributed by atoms with E-state index in [4.69, 9.17) is 9.47 Å². The zero-order chi connectivity index (χ0) is 25.9. The highest BCUT2D eigenvalue weighted by molar-refractivity contribution is 7.92. The lowest BCUT2D eigenvalue weighted by atomic mass is 9.84. The van der Waals surface area contributed by atoms with Crippen LogP contribution in [0, 0.1) is 12.8 Å². The SMILES string of the molecule is COc1cc(S(=O)(=O)N2CC(CCC(C)=O)Oc3ccc(C=C(C)C4CCCCC4)cc32)ccc1C. The summed E-state index contributed by atoms with van der Waals surface area (Å²) in [5.74, 6) is 1.69. The van der Waals surface area contributed by atoms with E-state index in [1.165, 1.54) is 56.0 Å².